The fourth-order valence-electron chi connectivity index (χ4n) is 3.56. The molecule has 0 bridgehead atoms. The van der Waals surface area contributed by atoms with Gasteiger partial charge in [0.05, 0.1) is 10.6 Å². The van der Waals surface area contributed by atoms with Gasteiger partial charge < -0.3 is 4.90 Å². The maximum Gasteiger partial charge on any atom is 0.264 e. The highest BCUT2D eigenvalue weighted by Gasteiger charge is 2.31. The van der Waals surface area contributed by atoms with Crippen molar-refractivity contribution >= 4 is 32.2 Å². The molecule has 1 heterocycles. The SMILES string of the molecule is CN(C)c1cccc2c(S(=O)(=O)N3CCc4ccccc43)cccc12. The molecule has 4 nitrogen and oxygen atoms in total. The van der Waals surface area contributed by atoms with Crippen LogP contribution in [0.2, 0.25) is 0 Å². The molecule has 25 heavy (non-hydrogen) atoms. The molecule has 0 aliphatic carbocycles. The molecule has 0 spiro atoms. The lowest BCUT2D eigenvalue weighted by Crippen LogP contribution is -2.29. The van der Waals surface area contributed by atoms with Gasteiger partial charge in [-0.1, -0.05) is 42.5 Å². The van der Waals surface area contributed by atoms with Crippen LogP contribution in [0.15, 0.2) is 65.6 Å². The molecule has 0 N–H and O–H groups in total. The van der Waals surface area contributed by atoms with Gasteiger partial charge in [0.25, 0.3) is 10.0 Å². The third-order valence-electron chi connectivity index (χ3n) is 4.75. The van der Waals surface area contributed by atoms with Crippen molar-refractivity contribution in [2.45, 2.75) is 11.3 Å². The molecule has 0 aromatic heterocycles. The van der Waals surface area contributed by atoms with E-state index in [0.29, 0.717) is 11.4 Å². The Labute approximate surface area is 148 Å². The molecular weight excluding hydrogens is 332 g/mol. The number of nitrogens with zero attached hydrogens (tertiary/aromatic N) is 2. The van der Waals surface area contributed by atoms with Crippen LogP contribution in [0.3, 0.4) is 0 Å². The number of hydrogen-bond acceptors (Lipinski definition) is 3. The Hall–Kier alpha value is -2.53. The summed E-state index contributed by atoms with van der Waals surface area (Å²) >= 11 is 0. The molecule has 0 fully saturated rings. The van der Waals surface area contributed by atoms with E-state index in [-0.39, 0.29) is 0 Å². The number of benzene rings is 3. The molecule has 0 saturated carbocycles. The van der Waals surface area contributed by atoms with Gasteiger partial charge in [0.1, 0.15) is 0 Å². The molecule has 0 amide bonds. The maximum absolute atomic E-state index is 13.4. The van der Waals surface area contributed by atoms with Crippen LogP contribution in [0, 0.1) is 0 Å². The molecule has 0 atom stereocenters. The zero-order valence-electron chi connectivity index (χ0n) is 14.3. The van der Waals surface area contributed by atoms with E-state index in [4.69, 9.17) is 0 Å². The molecule has 3 aromatic carbocycles. The maximum atomic E-state index is 13.4. The second-order valence-electron chi connectivity index (χ2n) is 6.48. The van der Waals surface area contributed by atoms with Crippen molar-refractivity contribution in [3.05, 3.63) is 66.2 Å². The second-order valence-corrected chi connectivity index (χ2v) is 8.31. The fraction of sp³-hybridized carbons (Fsp3) is 0.200. The van der Waals surface area contributed by atoms with Crippen LogP contribution >= 0.6 is 0 Å². The van der Waals surface area contributed by atoms with Crippen LogP contribution in [0.5, 0.6) is 0 Å². The summed E-state index contributed by atoms with van der Waals surface area (Å²) in [4.78, 5) is 2.37. The van der Waals surface area contributed by atoms with Gasteiger partial charge in [0.15, 0.2) is 0 Å². The normalized spacial score (nSPS) is 13.9. The molecule has 3 aromatic rings. The molecule has 0 radical (unpaired) electrons. The quantitative estimate of drug-likeness (QED) is 0.722. The summed E-state index contributed by atoms with van der Waals surface area (Å²) in [5.41, 5.74) is 2.89. The summed E-state index contributed by atoms with van der Waals surface area (Å²) in [5, 5.41) is 1.71. The number of fused-ring (bicyclic) bond motifs is 2. The third kappa shape index (κ3) is 2.46. The first-order chi connectivity index (χ1) is 12.0. The summed E-state index contributed by atoms with van der Waals surface area (Å²) in [7, 11) is 0.324. The predicted molar refractivity (Wildman–Crippen MR) is 103 cm³/mol. The van der Waals surface area contributed by atoms with Crippen LogP contribution in [0.25, 0.3) is 10.8 Å². The number of anilines is 2. The van der Waals surface area contributed by atoms with Gasteiger partial charge in [0.2, 0.25) is 0 Å². The van der Waals surface area contributed by atoms with E-state index in [9.17, 15) is 8.42 Å². The highest BCUT2D eigenvalue weighted by Crippen LogP contribution is 2.36. The van der Waals surface area contributed by atoms with Crippen LogP contribution in [0.1, 0.15) is 5.56 Å². The topological polar surface area (TPSA) is 40.6 Å². The van der Waals surface area contributed by atoms with E-state index in [0.717, 1.165) is 34.1 Å². The molecule has 5 heteroatoms. The van der Waals surface area contributed by atoms with E-state index >= 15 is 0 Å². The number of para-hydroxylation sites is 1. The monoisotopic (exact) mass is 352 g/mol. The van der Waals surface area contributed by atoms with Gasteiger partial charge >= 0.3 is 0 Å². The minimum absolute atomic E-state index is 0.366. The van der Waals surface area contributed by atoms with E-state index < -0.39 is 10.0 Å². The smallest absolute Gasteiger partial charge is 0.264 e. The van der Waals surface area contributed by atoms with Gasteiger partial charge in [-0.3, -0.25) is 4.31 Å². The Morgan fingerprint density at radius 2 is 1.60 bits per heavy atom. The van der Waals surface area contributed by atoms with E-state index in [2.05, 4.69) is 0 Å². The molecule has 0 saturated heterocycles. The lowest BCUT2D eigenvalue weighted by atomic mass is 10.1. The second kappa shape index (κ2) is 5.77. The first kappa shape index (κ1) is 16.0. The van der Waals surface area contributed by atoms with Crippen molar-refractivity contribution < 1.29 is 8.42 Å². The van der Waals surface area contributed by atoms with Crippen LogP contribution in [-0.2, 0) is 16.4 Å². The Morgan fingerprint density at radius 1 is 0.880 bits per heavy atom. The largest absolute Gasteiger partial charge is 0.377 e. The number of rotatable bonds is 3. The zero-order chi connectivity index (χ0) is 17.6. The molecule has 1 aliphatic rings. The molecular formula is C20H20N2O2S. The molecule has 0 unspecified atom stereocenters. The van der Waals surface area contributed by atoms with Crippen molar-refractivity contribution in [1.29, 1.82) is 0 Å². The first-order valence-electron chi connectivity index (χ1n) is 8.30. The first-order valence-corrected chi connectivity index (χ1v) is 9.74. The standard InChI is InChI=1S/C20H20N2O2S/c1-21(2)19-11-5-9-17-16(19)8-6-12-20(17)25(23,24)22-14-13-15-7-3-4-10-18(15)22/h3-12H,13-14H2,1-2H3. The lowest BCUT2D eigenvalue weighted by Gasteiger charge is -2.22. The average Bonchev–Trinajstić information content (AvgIpc) is 3.05. The van der Waals surface area contributed by atoms with E-state index in [1.807, 2.05) is 73.6 Å². The number of sulfonamides is 1. The Bertz CT molecular complexity index is 1060. The predicted octanol–water partition coefficient (Wildman–Crippen LogP) is 3.66. The Kier molecular flexibility index (Phi) is 3.69. The van der Waals surface area contributed by atoms with Crippen molar-refractivity contribution in [3.8, 4) is 0 Å². The highest BCUT2D eigenvalue weighted by atomic mass is 32.2. The summed E-state index contributed by atoms with van der Waals surface area (Å²) in [6.07, 6.45) is 0.753. The summed E-state index contributed by atoms with van der Waals surface area (Å²) in [6, 6.07) is 19.0. The van der Waals surface area contributed by atoms with Crippen molar-refractivity contribution in [2.24, 2.45) is 0 Å². The van der Waals surface area contributed by atoms with Crippen molar-refractivity contribution in [1.82, 2.24) is 0 Å². The summed E-state index contributed by atoms with van der Waals surface area (Å²) in [6.45, 7) is 0.492. The highest BCUT2D eigenvalue weighted by molar-refractivity contribution is 7.93. The Balaban J connectivity index is 1.92. The van der Waals surface area contributed by atoms with Gasteiger partial charge in [-0.25, -0.2) is 8.42 Å². The van der Waals surface area contributed by atoms with Crippen LogP contribution in [0.4, 0.5) is 11.4 Å². The summed E-state index contributed by atoms with van der Waals surface area (Å²) in [5.74, 6) is 0. The molecule has 128 valence electrons. The van der Waals surface area contributed by atoms with Crippen molar-refractivity contribution in [3.63, 3.8) is 0 Å². The molecule has 1 aliphatic heterocycles. The minimum Gasteiger partial charge on any atom is -0.377 e. The van der Waals surface area contributed by atoms with Gasteiger partial charge in [0, 0.05) is 37.1 Å². The fourth-order valence-corrected chi connectivity index (χ4v) is 5.27. The van der Waals surface area contributed by atoms with Crippen molar-refractivity contribution in [2.75, 3.05) is 29.8 Å². The van der Waals surface area contributed by atoms with E-state index in [1.165, 1.54) is 0 Å². The summed E-state index contributed by atoms with van der Waals surface area (Å²) < 4.78 is 28.4. The van der Waals surface area contributed by atoms with Gasteiger partial charge in [-0.15, -0.1) is 0 Å². The average molecular weight is 352 g/mol. The van der Waals surface area contributed by atoms with E-state index in [1.54, 1.807) is 10.4 Å². The minimum atomic E-state index is -3.61. The van der Waals surface area contributed by atoms with Crippen LogP contribution in [-0.4, -0.2) is 29.1 Å². The Morgan fingerprint density at radius 3 is 2.40 bits per heavy atom. The molecule has 4 rings (SSSR count). The third-order valence-corrected chi connectivity index (χ3v) is 6.62. The lowest BCUT2D eigenvalue weighted by molar-refractivity contribution is 0.593. The van der Waals surface area contributed by atoms with Crippen LogP contribution < -0.4 is 9.21 Å². The van der Waals surface area contributed by atoms with Gasteiger partial charge in [-0.05, 0) is 30.2 Å². The van der Waals surface area contributed by atoms with Gasteiger partial charge in [-0.2, -0.15) is 0 Å². The number of hydrogen-bond donors (Lipinski definition) is 0. The zero-order valence-corrected chi connectivity index (χ0v) is 15.1.